The van der Waals surface area contributed by atoms with Gasteiger partial charge in [0, 0.05) is 32.9 Å². The molecule has 1 amide bonds. The van der Waals surface area contributed by atoms with Crippen LogP contribution in [0.1, 0.15) is 16.1 Å². The lowest BCUT2D eigenvalue weighted by Crippen LogP contribution is -2.22. The number of hydrogen-bond acceptors (Lipinski definition) is 2. The van der Waals surface area contributed by atoms with Crippen LogP contribution in [0.3, 0.4) is 0 Å². The Balaban J connectivity index is 1.72. The van der Waals surface area contributed by atoms with Gasteiger partial charge in [-0.15, -0.1) is 0 Å². The molecule has 0 spiro atoms. The van der Waals surface area contributed by atoms with Crippen molar-refractivity contribution in [1.29, 1.82) is 0 Å². The molecule has 1 heterocycles. The van der Waals surface area contributed by atoms with Crippen molar-refractivity contribution in [2.45, 2.75) is 6.54 Å². The lowest BCUT2D eigenvalue weighted by atomic mass is 10.1. The van der Waals surface area contributed by atoms with E-state index in [9.17, 15) is 4.79 Å². The number of benzene rings is 3. The summed E-state index contributed by atoms with van der Waals surface area (Å²) in [6.45, 7) is 0.422. The average molecular weight is 396 g/mol. The summed E-state index contributed by atoms with van der Waals surface area (Å²) in [5.74, 6) is 0.586. The number of rotatable bonds is 4. The molecule has 27 heavy (non-hydrogen) atoms. The highest BCUT2D eigenvalue weighted by Crippen LogP contribution is 2.36. The Morgan fingerprint density at radius 2 is 1.56 bits per heavy atom. The SMILES string of the molecule is O=C(NCc1ccccc1)c1oc(-c2ccc(Cl)cc2)c2cc(Cl)ccc12. The molecule has 1 N–H and O–H groups in total. The molecule has 4 aromatic rings. The summed E-state index contributed by atoms with van der Waals surface area (Å²) in [7, 11) is 0. The number of nitrogens with one attached hydrogen (secondary N) is 1. The van der Waals surface area contributed by atoms with Gasteiger partial charge in [0.05, 0.1) is 0 Å². The van der Waals surface area contributed by atoms with Crippen molar-refractivity contribution >= 4 is 39.9 Å². The van der Waals surface area contributed by atoms with Crippen LogP contribution >= 0.6 is 23.2 Å². The predicted molar refractivity (Wildman–Crippen MR) is 109 cm³/mol. The van der Waals surface area contributed by atoms with Crippen molar-refractivity contribution in [2.24, 2.45) is 0 Å². The number of furan rings is 1. The van der Waals surface area contributed by atoms with Crippen LogP contribution in [-0.2, 0) is 6.54 Å². The summed E-state index contributed by atoms with van der Waals surface area (Å²) in [5, 5.41) is 5.62. The van der Waals surface area contributed by atoms with E-state index in [1.807, 2.05) is 42.5 Å². The molecule has 0 radical (unpaired) electrons. The van der Waals surface area contributed by atoms with Gasteiger partial charge in [0.15, 0.2) is 5.76 Å². The Labute approximate surface area is 166 Å². The lowest BCUT2D eigenvalue weighted by molar-refractivity contribution is 0.0926. The smallest absolute Gasteiger partial charge is 0.287 e. The van der Waals surface area contributed by atoms with E-state index in [4.69, 9.17) is 27.6 Å². The van der Waals surface area contributed by atoms with Crippen LogP contribution < -0.4 is 5.32 Å². The maximum atomic E-state index is 12.8. The second-order valence-electron chi connectivity index (χ2n) is 6.13. The number of carbonyl (C=O) groups is 1. The van der Waals surface area contributed by atoms with Crippen molar-refractivity contribution in [3.05, 3.63) is 94.2 Å². The summed E-state index contributed by atoms with van der Waals surface area (Å²) in [6, 6.07) is 22.4. The van der Waals surface area contributed by atoms with E-state index < -0.39 is 0 Å². The fourth-order valence-corrected chi connectivity index (χ4v) is 3.26. The van der Waals surface area contributed by atoms with Gasteiger partial charge in [-0.3, -0.25) is 4.79 Å². The highest BCUT2D eigenvalue weighted by molar-refractivity contribution is 6.32. The zero-order valence-corrected chi connectivity index (χ0v) is 15.7. The summed E-state index contributed by atoms with van der Waals surface area (Å²) < 4.78 is 5.98. The fraction of sp³-hybridized carbons (Fsp3) is 0.0455. The summed E-state index contributed by atoms with van der Waals surface area (Å²) >= 11 is 12.2. The molecule has 3 nitrogen and oxygen atoms in total. The Morgan fingerprint density at radius 3 is 2.30 bits per heavy atom. The molecule has 0 saturated carbocycles. The molecule has 0 fully saturated rings. The molecule has 134 valence electrons. The van der Waals surface area contributed by atoms with Crippen molar-refractivity contribution in [2.75, 3.05) is 0 Å². The standard InChI is InChI=1S/C22H15Cl2NO2/c23-16-8-6-15(7-9-16)20-19-12-17(24)10-11-18(19)21(27-20)22(26)25-13-14-4-2-1-3-5-14/h1-12H,13H2,(H,25,26). The molecule has 0 aliphatic carbocycles. The number of hydrogen-bond donors (Lipinski definition) is 1. The number of carbonyl (C=O) groups excluding carboxylic acids is 1. The van der Waals surface area contributed by atoms with E-state index >= 15 is 0 Å². The second kappa shape index (κ2) is 7.47. The Bertz CT molecular complexity index is 1100. The molecule has 0 aliphatic heterocycles. The summed E-state index contributed by atoms with van der Waals surface area (Å²) in [4.78, 5) is 12.8. The topological polar surface area (TPSA) is 42.2 Å². The minimum absolute atomic E-state index is 0.266. The average Bonchev–Trinajstić information content (AvgIpc) is 3.06. The minimum atomic E-state index is -0.272. The third-order valence-corrected chi connectivity index (χ3v) is 4.77. The number of halogens is 2. The van der Waals surface area contributed by atoms with E-state index in [1.54, 1.807) is 30.3 Å². The van der Waals surface area contributed by atoms with Gasteiger partial charge in [-0.1, -0.05) is 53.5 Å². The van der Waals surface area contributed by atoms with E-state index in [2.05, 4.69) is 5.32 Å². The van der Waals surface area contributed by atoms with Gasteiger partial charge in [0.25, 0.3) is 5.91 Å². The molecule has 4 rings (SSSR count). The zero-order valence-electron chi connectivity index (χ0n) is 14.2. The van der Waals surface area contributed by atoms with Gasteiger partial charge in [0.1, 0.15) is 5.76 Å². The summed E-state index contributed by atoms with van der Waals surface area (Å²) in [5.41, 5.74) is 1.84. The first kappa shape index (κ1) is 17.7. The van der Waals surface area contributed by atoms with Crippen LogP contribution in [0.15, 0.2) is 77.2 Å². The van der Waals surface area contributed by atoms with Gasteiger partial charge in [-0.05, 0) is 48.0 Å². The molecular formula is C22H15Cl2NO2. The van der Waals surface area contributed by atoms with Gasteiger partial charge in [0.2, 0.25) is 0 Å². The minimum Gasteiger partial charge on any atom is -0.450 e. The fourth-order valence-electron chi connectivity index (χ4n) is 2.96. The molecule has 0 unspecified atom stereocenters. The van der Waals surface area contributed by atoms with Crippen LogP contribution in [0.2, 0.25) is 10.0 Å². The van der Waals surface area contributed by atoms with Crippen LogP contribution in [0, 0.1) is 0 Å². The number of fused-ring (bicyclic) bond motifs is 1. The molecule has 0 saturated heterocycles. The molecule has 3 aromatic carbocycles. The predicted octanol–water partition coefficient (Wildman–Crippen LogP) is 6.34. The second-order valence-corrected chi connectivity index (χ2v) is 7.00. The first-order valence-electron chi connectivity index (χ1n) is 8.42. The lowest BCUT2D eigenvalue weighted by Gasteiger charge is -2.03. The third kappa shape index (κ3) is 3.70. The van der Waals surface area contributed by atoms with Crippen molar-refractivity contribution < 1.29 is 9.21 Å². The van der Waals surface area contributed by atoms with Crippen LogP contribution in [0.25, 0.3) is 22.1 Å². The van der Waals surface area contributed by atoms with Gasteiger partial charge in [-0.2, -0.15) is 0 Å². The van der Waals surface area contributed by atoms with Crippen LogP contribution in [-0.4, -0.2) is 5.91 Å². The van der Waals surface area contributed by atoms with Gasteiger partial charge < -0.3 is 9.73 Å². The largest absolute Gasteiger partial charge is 0.450 e. The van der Waals surface area contributed by atoms with Gasteiger partial charge in [-0.25, -0.2) is 0 Å². The highest BCUT2D eigenvalue weighted by atomic mass is 35.5. The van der Waals surface area contributed by atoms with E-state index in [-0.39, 0.29) is 11.7 Å². The quantitative estimate of drug-likeness (QED) is 0.438. The Morgan fingerprint density at radius 1 is 0.852 bits per heavy atom. The maximum Gasteiger partial charge on any atom is 0.287 e. The van der Waals surface area contributed by atoms with E-state index in [0.717, 1.165) is 21.9 Å². The van der Waals surface area contributed by atoms with Crippen LogP contribution in [0.5, 0.6) is 0 Å². The van der Waals surface area contributed by atoms with Crippen molar-refractivity contribution in [3.63, 3.8) is 0 Å². The molecule has 0 bridgehead atoms. The third-order valence-electron chi connectivity index (χ3n) is 4.28. The zero-order chi connectivity index (χ0) is 18.8. The maximum absolute atomic E-state index is 12.8. The molecular weight excluding hydrogens is 381 g/mol. The van der Waals surface area contributed by atoms with Crippen molar-refractivity contribution in [3.8, 4) is 11.3 Å². The highest BCUT2D eigenvalue weighted by Gasteiger charge is 2.20. The Hall–Kier alpha value is -2.75. The molecule has 5 heteroatoms. The first-order valence-corrected chi connectivity index (χ1v) is 9.17. The normalized spacial score (nSPS) is 10.9. The van der Waals surface area contributed by atoms with Crippen molar-refractivity contribution in [1.82, 2.24) is 5.32 Å². The van der Waals surface area contributed by atoms with Crippen LogP contribution in [0.4, 0.5) is 0 Å². The van der Waals surface area contributed by atoms with Gasteiger partial charge >= 0.3 is 0 Å². The molecule has 1 aromatic heterocycles. The molecule has 0 atom stereocenters. The van der Waals surface area contributed by atoms with E-state index in [0.29, 0.717) is 22.4 Å². The monoisotopic (exact) mass is 395 g/mol. The summed E-state index contributed by atoms with van der Waals surface area (Å²) in [6.07, 6.45) is 0. The first-order chi connectivity index (χ1) is 13.1. The van der Waals surface area contributed by atoms with E-state index in [1.165, 1.54) is 0 Å². The number of amides is 1. The molecule has 0 aliphatic rings. The Kier molecular flexibility index (Phi) is 4.88.